The molecule has 5 heteroatoms. The average molecular weight is 457 g/mol. The fourth-order valence-electron chi connectivity index (χ4n) is 4.78. The van der Waals surface area contributed by atoms with Crippen LogP contribution in [0.3, 0.4) is 0 Å². The summed E-state index contributed by atoms with van der Waals surface area (Å²) in [5.41, 5.74) is 6.11. The van der Waals surface area contributed by atoms with E-state index in [2.05, 4.69) is 38.1 Å². The summed E-state index contributed by atoms with van der Waals surface area (Å²) < 4.78 is 5.38. The van der Waals surface area contributed by atoms with Gasteiger partial charge in [-0.15, -0.1) is 0 Å². The van der Waals surface area contributed by atoms with E-state index in [1.807, 2.05) is 35.2 Å². The van der Waals surface area contributed by atoms with Crippen molar-refractivity contribution < 1.29 is 14.9 Å². The third-order valence-electron chi connectivity index (χ3n) is 6.94. The SMILES string of the molecule is COc1cccc(CN2C(O)=NC(c3ccc(C(C)C)cc3)c3c2ccc(O)c3CC2CC2)c1. The third kappa shape index (κ3) is 4.35. The summed E-state index contributed by atoms with van der Waals surface area (Å²) in [6.45, 7) is 4.81. The van der Waals surface area contributed by atoms with Crippen LogP contribution in [0.4, 0.5) is 5.69 Å². The van der Waals surface area contributed by atoms with Gasteiger partial charge >= 0.3 is 0 Å². The lowest BCUT2D eigenvalue weighted by atomic mass is 9.88. The Morgan fingerprint density at radius 2 is 1.79 bits per heavy atom. The van der Waals surface area contributed by atoms with Crippen LogP contribution in [0, 0.1) is 5.92 Å². The van der Waals surface area contributed by atoms with Crippen LogP contribution in [0.5, 0.6) is 11.5 Å². The molecule has 2 N–H and O–H groups in total. The number of rotatable bonds is 7. The molecule has 1 saturated carbocycles. The highest BCUT2D eigenvalue weighted by Gasteiger charge is 2.34. The lowest BCUT2D eigenvalue weighted by Crippen LogP contribution is -2.35. The fourth-order valence-corrected chi connectivity index (χ4v) is 4.78. The van der Waals surface area contributed by atoms with Crippen LogP contribution in [0.15, 0.2) is 65.7 Å². The van der Waals surface area contributed by atoms with E-state index in [0.29, 0.717) is 24.1 Å². The van der Waals surface area contributed by atoms with Crippen molar-refractivity contribution in [2.75, 3.05) is 12.0 Å². The van der Waals surface area contributed by atoms with E-state index < -0.39 is 0 Å². The number of benzene rings is 3. The minimum Gasteiger partial charge on any atom is -0.508 e. The van der Waals surface area contributed by atoms with Gasteiger partial charge in [-0.2, -0.15) is 0 Å². The highest BCUT2D eigenvalue weighted by atomic mass is 16.5. The van der Waals surface area contributed by atoms with Crippen molar-refractivity contribution >= 4 is 11.7 Å². The summed E-state index contributed by atoms with van der Waals surface area (Å²) in [6, 6.07) is 19.6. The van der Waals surface area contributed by atoms with Crippen LogP contribution in [-0.4, -0.2) is 23.3 Å². The average Bonchev–Trinajstić information content (AvgIpc) is 3.66. The summed E-state index contributed by atoms with van der Waals surface area (Å²) in [5.74, 6) is 2.13. The molecule has 1 aliphatic carbocycles. The molecule has 1 heterocycles. The van der Waals surface area contributed by atoms with E-state index in [-0.39, 0.29) is 12.1 Å². The standard InChI is InChI=1S/C29H32N2O3/c1-18(2)21-9-11-22(12-10-21)28-27-24(16-19-7-8-19)26(32)14-13-25(27)31(29(33)30-28)17-20-5-4-6-23(15-20)34-3/h4-6,9-15,18-19,28,32H,7-8,16-17H2,1-3H3,(H,30,33). The summed E-state index contributed by atoms with van der Waals surface area (Å²) in [6.07, 6.45) is 3.22. The number of aliphatic hydroxyl groups excluding tert-OH is 1. The Labute approximate surface area is 201 Å². The Balaban J connectivity index is 1.60. The van der Waals surface area contributed by atoms with Crippen LogP contribution in [0.25, 0.3) is 0 Å². The molecule has 5 rings (SSSR count). The monoisotopic (exact) mass is 456 g/mol. The number of phenolic OH excluding ortho intramolecular Hbond substituents is 1. The second-order valence-corrected chi connectivity index (χ2v) is 9.73. The van der Waals surface area contributed by atoms with E-state index in [1.54, 1.807) is 13.2 Å². The second-order valence-electron chi connectivity index (χ2n) is 9.73. The van der Waals surface area contributed by atoms with Crippen LogP contribution in [0.2, 0.25) is 0 Å². The molecule has 5 nitrogen and oxygen atoms in total. The maximum atomic E-state index is 11.1. The van der Waals surface area contributed by atoms with Crippen LogP contribution < -0.4 is 9.64 Å². The van der Waals surface area contributed by atoms with E-state index in [0.717, 1.165) is 40.1 Å². The first-order chi connectivity index (χ1) is 16.4. The molecule has 1 aliphatic heterocycles. The second kappa shape index (κ2) is 9.05. The van der Waals surface area contributed by atoms with Gasteiger partial charge in [0.2, 0.25) is 0 Å². The Hall–Kier alpha value is -3.47. The Morgan fingerprint density at radius 3 is 2.47 bits per heavy atom. The van der Waals surface area contributed by atoms with Gasteiger partial charge in [0.1, 0.15) is 17.5 Å². The molecular formula is C29H32N2O3. The quantitative estimate of drug-likeness (QED) is 0.426. The Morgan fingerprint density at radius 1 is 1.03 bits per heavy atom. The maximum Gasteiger partial charge on any atom is 0.290 e. The van der Waals surface area contributed by atoms with E-state index >= 15 is 0 Å². The van der Waals surface area contributed by atoms with Crippen molar-refractivity contribution in [3.8, 4) is 11.5 Å². The lowest BCUT2D eigenvalue weighted by molar-refractivity contribution is 0.414. The topological polar surface area (TPSA) is 65.3 Å². The normalized spacial score (nSPS) is 17.5. The van der Waals surface area contributed by atoms with Gasteiger partial charge in [-0.1, -0.05) is 50.2 Å². The zero-order valence-electron chi connectivity index (χ0n) is 20.0. The number of phenols is 1. The summed E-state index contributed by atoms with van der Waals surface area (Å²) >= 11 is 0. The van der Waals surface area contributed by atoms with Gasteiger partial charge in [0.15, 0.2) is 0 Å². The first-order valence-electron chi connectivity index (χ1n) is 12.1. The van der Waals surface area contributed by atoms with Crippen molar-refractivity contribution in [2.45, 2.75) is 51.6 Å². The number of hydrogen-bond donors (Lipinski definition) is 2. The van der Waals surface area contributed by atoms with Gasteiger partial charge in [-0.25, -0.2) is 4.99 Å². The highest BCUT2D eigenvalue weighted by Crippen LogP contribution is 2.46. The van der Waals surface area contributed by atoms with E-state index in [1.165, 1.54) is 18.4 Å². The van der Waals surface area contributed by atoms with Crippen molar-refractivity contribution in [3.63, 3.8) is 0 Å². The molecule has 0 amide bonds. The predicted octanol–water partition coefficient (Wildman–Crippen LogP) is 6.50. The number of ether oxygens (including phenoxy) is 1. The number of hydrogen-bond acceptors (Lipinski definition) is 4. The molecule has 0 aromatic heterocycles. The number of fused-ring (bicyclic) bond motifs is 1. The van der Waals surface area contributed by atoms with E-state index in [4.69, 9.17) is 9.73 Å². The molecule has 0 radical (unpaired) electrons. The molecule has 3 aromatic rings. The minimum absolute atomic E-state index is 0.0173. The predicted molar refractivity (Wildman–Crippen MR) is 136 cm³/mol. The molecule has 0 saturated heterocycles. The molecule has 0 spiro atoms. The van der Waals surface area contributed by atoms with Crippen LogP contribution in [-0.2, 0) is 13.0 Å². The molecule has 34 heavy (non-hydrogen) atoms. The maximum absolute atomic E-state index is 11.1. The van der Waals surface area contributed by atoms with E-state index in [9.17, 15) is 10.2 Å². The molecule has 1 fully saturated rings. The van der Waals surface area contributed by atoms with Gasteiger partial charge < -0.3 is 14.9 Å². The minimum atomic E-state index is -0.362. The summed E-state index contributed by atoms with van der Waals surface area (Å²) in [7, 11) is 1.65. The van der Waals surface area contributed by atoms with Crippen molar-refractivity contribution in [3.05, 3.63) is 88.5 Å². The summed E-state index contributed by atoms with van der Waals surface area (Å²) in [4.78, 5) is 6.61. The van der Waals surface area contributed by atoms with Crippen molar-refractivity contribution in [2.24, 2.45) is 10.9 Å². The zero-order valence-corrected chi connectivity index (χ0v) is 20.0. The van der Waals surface area contributed by atoms with Gasteiger partial charge in [0, 0.05) is 11.1 Å². The Bertz CT molecular complexity index is 1210. The lowest BCUT2D eigenvalue weighted by Gasteiger charge is -2.34. The number of aliphatic hydroxyl groups is 1. The smallest absolute Gasteiger partial charge is 0.290 e. The number of aromatic hydroxyl groups is 1. The molecule has 3 aromatic carbocycles. The summed E-state index contributed by atoms with van der Waals surface area (Å²) in [5, 5.41) is 22.0. The zero-order chi connectivity index (χ0) is 23.8. The Kier molecular flexibility index (Phi) is 5.94. The molecule has 2 aliphatic rings. The molecular weight excluding hydrogens is 424 g/mol. The molecule has 1 unspecified atom stereocenters. The number of methoxy groups -OCH3 is 1. The van der Waals surface area contributed by atoms with Gasteiger partial charge in [0.05, 0.1) is 19.3 Å². The van der Waals surface area contributed by atoms with Crippen LogP contribution in [0.1, 0.15) is 66.5 Å². The highest BCUT2D eigenvalue weighted by molar-refractivity contribution is 5.94. The molecule has 176 valence electrons. The number of anilines is 1. The van der Waals surface area contributed by atoms with Crippen molar-refractivity contribution in [1.82, 2.24) is 0 Å². The number of amidine groups is 1. The first kappa shape index (κ1) is 22.3. The van der Waals surface area contributed by atoms with Gasteiger partial charge in [-0.3, -0.25) is 4.90 Å². The van der Waals surface area contributed by atoms with Crippen LogP contribution >= 0.6 is 0 Å². The number of aliphatic imine (C=N–C) groups is 1. The molecule has 1 atom stereocenters. The fraction of sp³-hybridized carbons (Fsp3) is 0.345. The van der Waals surface area contributed by atoms with Gasteiger partial charge in [-0.05, 0) is 72.1 Å². The third-order valence-corrected chi connectivity index (χ3v) is 6.94. The van der Waals surface area contributed by atoms with Gasteiger partial charge in [0.25, 0.3) is 6.02 Å². The number of nitrogens with zero attached hydrogens (tertiary/aromatic N) is 2. The first-order valence-corrected chi connectivity index (χ1v) is 12.1. The largest absolute Gasteiger partial charge is 0.508 e. The van der Waals surface area contributed by atoms with Crippen molar-refractivity contribution in [1.29, 1.82) is 0 Å². The molecule has 0 bridgehead atoms.